The highest BCUT2D eigenvalue weighted by molar-refractivity contribution is 6.07. The van der Waals surface area contributed by atoms with Crippen LogP contribution in [0.15, 0.2) is 18.2 Å². The fourth-order valence-corrected chi connectivity index (χ4v) is 3.20. The molecule has 3 rings (SSSR count). The van der Waals surface area contributed by atoms with E-state index in [1.807, 2.05) is 18.2 Å². The topological polar surface area (TPSA) is 92.5 Å². The lowest BCUT2D eigenvalue weighted by Crippen LogP contribution is -2.41. The van der Waals surface area contributed by atoms with Crippen molar-refractivity contribution in [1.82, 2.24) is 10.2 Å². The Morgan fingerprint density at radius 1 is 1.32 bits per heavy atom. The first-order valence-corrected chi connectivity index (χ1v) is 7.46. The molecule has 22 heavy (non-hydrogen) atoms. The molecule has 116 valence electrons. The van der Waals surface area contributed by atoms with Crippen LogP contribution in [-0.4, -0.2) is 29.3 Å². The van der Waals surface area contributed by atoms with Crippen LogP contribution in [0, 0.1) is 0 Å². The van der Waals surface area contributed by atoms with Gasteiger partial charge < -0.3 is 11.1 Å². The lowest BCUT2D eigenvalue weighted by molar-refractivity contribution is -0.131. The Bertz CT molecular complexity index is 671. The molecule has 1 aliphatic heterocycles. The second-order valence-electron chi connectivity index (χ2n) is 6.07. The summed E-state index contributed by atoms with van der Waals surface area (Å²) in [5.74, 6) is -0.872. The minimum Gasteiger partial charge on any atom is -0.370 e. The fourth-order valence-electron chi connectivity index (χ4n) is 3.20. The smallest absolute Gasteiger partial charge is 0.325 e. The molecule has 1 aromatic carbocycles. The van der Waals surface area contributed by atoms with Crippen LogP contribution < -0.4 is 11.1 Å². The van der Waals surface area contributed by atoms with Gasteiger partial charge >= 0.3 is 6.03 Å². The van der Waals surface area contributed by atoms with E-state index in [2.05, 4.69) is 5.32 Å². The third-order valence-electron chi connectivity index (χ3n) is 4.53. The van der Waals surface area contributed by atoms with Gasteiger partial charge in [0.1, 0.15) is 5.54 Å². The van der Waals surface area contributed by atoms with Gasteiger partial charge in [0.2, 0.25) is 5.91 Å². The lowest BCUT2D eigenvalue weighted by atomic mass is 9.89. The van der Waals surface area contributed by atoms with Gasteiger partial charge in [-0.05, 0) is 42.9 Å². The standard InChI is InChI=1S/C16H19N3O3/c1-16(12-6-5-10-3-2-4-11(10)9-12)14(21)19(15(22)18-16)8-7-13(17)20/h5-6,9H,2-4,7-8H2,1H3,(H2,17,20)(H,18,22). The first kappa shape index (κ1) is 14.6. The highest BCUT2D eigenvalue weighted by Gasteiger charge is 2.48. The quantitative estimate of drug-likeness (QED) is 0.806. The number of benzene rings is 1. The van der Waals surface area contributed by atoms with Crippen molar-refractivity contribution in [2.45, 2.75) is 38.1 Å². The summed E-state index contributed by atoms with van der Waals surface area (Å²) in [7, 11) is 0. The minimum absolute atomic E-state index is 0.0144. The Morgan fingerprint density at radius 3 is 2.77 bits per heavy atom. The molecule has 1 saturated heterocycles. The summed E-state index contributed by atoms with van der Waals surface area (Å²) < 4.78 is 0. The molecule has 1 fully saturated rings. The zero-order chi connectivity index (χ0) is 15.9. The predicted octanol–water partition coefficient (Wildman–Crippen LogP) is 0.818. The van der Waals surface area contributed by atoms with E-state index in [0.29, 0.717) is 0 Å². The van der Waals surface area contributed by atoms with E-state index < -0.39 is 17.5 Å². The Hall–Kier alpha value is -2.37. The maximum Gasteiger partial charge on any atom is 0.325 e. The molecule has 1 aromatic rings. The summed E-state index contributed by atoms with van der Waals surface area (Å²) in [6.07, 6.45) is 3.17. The number of hydrogen-bond acceptors (Lipinski definition) is 3. The number of nitrogens with one attached hydrogen (secondary N) is 1. The van der Waals surface area contributed by atoms with Crippen molar-refractivity contribution in [1.29, 1.82) is 0 Å². The van der Waals surface area contributed by atoms with Gasteiger partial charge in [-0.25, -0.2) is 4.79 Å². The number of urea groups is 1. The molecule has 4 amide bonds. The molecule has 3 N–H and O–H groups in total. The molecule has 0 radical (unpaired) electrons. The average Bonchev–Trinajstić information content (AvgIpc) is 3.01. The van der Waals surface area contributed by atoms with Gasteiger partial charge in [-0.2, -0.15) is 0 Å². The van der Waals surface area contributed by atoms with Crippen LogP contribution in [0.25, 0.3) is 0 Å². The predicted molar refractivity (Wildman–Crippen MR) is 79.9 cm³/mol. The number of carbonyl (C=O) groups is 3. The molecule has 0 spiro atoms. The summed E-state index contributed by atoms with van der Waals surface area (Å²) in [6, 6.07) is 5.47. The van der Waals surface area contributed by atoms with Crippen LogP contribution in [0.5, 0.6) is 0 Å². The maximum absolute atomic E-state index is 12.6. The molecular weight excluding hydrogens is 282 g/mol. The SMILES string of the molecule is CC1(c2ccc3c(c2)CCC3)NC(=O)N(CCC(N)=O)C1=O. The number of carbonyl (C=O) groups excluding carboxylic acids is 3. The summed E-state index contributed by atoms with van der Waals surface area (Å²) in [5, 5.41) is 2.75. The molecule has 1 aliphatic carbocycles. The van der Waals surface area contributed by atoms with Gasteiger partial charge in [0.15, 0.2) is 0 Å². The van der Waals surface area contributed by atoms with Gasteiger partial charge in [0.25, 0.3) is 5.91 Å². The van der Waals surface area contributed by atoms with Crippen LogP contribution in [0.2, 0.25) is 0 Å². The van der Waals surface area contributed by atoms with Crippen molar-refractivity contribution in [3.8, 4) is 0 Å². The van der Waals surface area contributed by atoms with Crippen LogP contribution in [-0.2, 0) is 28.0 Å². The van der Waals surface area contributed by atoms with Crippen molar-refractivity contribution < 1.29 is 14.4 Å². The summed E-state index contributed by atoms with van der Waals surface area (Å²) in [6.45, 7) is 1.72. The van der Waals surface area contributed by atoms with Crippen molar-refractivity contribution in [3.63, 3.8) is 0 Å². The Balaban J connectivity index is 1.88. The molecule has 2 aliphatic rings. The number of imide groups is 1. The van der Waals surface area contributed by atoms with Gasteiger partial charge in [0.05, 0.1) is 0 Å². The average molecular weight is 301 g/mol. The molecular formula is C16H19N3O3. The Kier molecular flexibility index (Phi) is 3.39. The molecule has 0 aromatic heterocycles. The summed E-state index contributed by atoms with van der Waals surface area (Å²) >= 11 is 0. The fraction of sp³-hybridized carbons (Fsp3) is 0.438. The number of nitrogens with zero attached hydrogens (tertiary/aromatic N) is 1. The van der Waals surface area contributed by atoms with Crippen molar-refractivity contribution >= 4 is 17.8 Å². The molecule has 0 saturated carbocycles. The molecule has 1 heterocycles. The number of amides is 4. The lowest BCUT2D eigenvalue weighted by Gasteiger charge is -2.23. The minimum atomic E-state index is -1.08. The number of fused-ring (bicyclic) bond motifs is 1. The van der Waals surface area contributed by atoms with Gasteiger partial charge in [-0.15, -0.1) is 0 Å². The second-order valence-corrected chi connectivity index (χ2v) is 6.07. The second kappa shape index (κ2) is 5.12. The molecule has 0 bridgehead atoms. The van der Waals surface area contributed by atoms with E-state index in [-0.39, 0.29) is 18.9 Å². The maximum atomic E-state index is 12.6. The number of hydrogen-bond donors (Lipinski definition) is 2. The highest BCUT2D eigenvalue weighted by Crippen LogP contribution is 2.32. The molecule has 1 unspecified atom stereocenters. The zero-order valence-electron chi connectivity index (χ0n) is 12.5. The van der Waals surface area contributed by atoms with Crippen molar-refractivity contribution in [2.24, 2.45) is 5.73 Å². The van der Waals surface area contributed by atoms with Gasteiger partial charge in [-0.1, -0.05) is 18.2 Å². The van der Waals surface area contributed by atoms with Crippen molar-refractivity contribution in [2.75, 3.05) is 6.54 Å². The van der Waals surface area contributed by atoms with Crippen molar-refractivity contribution in [3.05, 3.63) is 34.9 Å². The van der Waals surface area contributed by atoms with E-state index in [1.54, 1.807) is 6.92 Å². The van der Waals surface area contributed by atoms with Crippen LogP contribution >= 0.6 is 0 Å². The van der Waals surface area contributed by atoms with Gasteiger partial charge in [-0.3, -0.25) is 14.5 Å². The van der Waals surface area contributed by atoms with E-state index in [9.17, 15) is 14.4 Å². The summed E-state index contributed by atoms with van der Waals surface area (Å²) in [4.78, 5) is 36.7. The molecule has 1 atom stereocenters. The highest BCUT2D eigenvalue weighted by atomic mass is 16.2. The zero-order valence-corrected chi connectivity index (χ0v) is 12.5. The summed E-state index contributed by atoms with van der Waals surface area (Å²) in [5.41, 5.74) is 7.36. The van der Waals surface area contributed by atoms with E-state index >= 15 is 0 Å². The normalized spacial score (nSPS) is 23.6. The van der Waals surface area contributed by atoms with Crippen LogP contribution in [0.1, 0.15) is 36.5 Å². The molecule has 6 heteroatoms. The largest absolute Gasteiger partial charge is 0.370 e. The Labute approximate surface area is 128 Å². The first-order chi connectivity index (χ1) is 10.4. The van der Waals surface area contributed by atoms with Gasteiger partial charge in [0, 0.05) is 13.0 Å². The van der Waals surface area contributed by atoms with E-state index in [4.69, 9.17) is 5.73 Å². The number of primary amides is 1. The third-order valence-corrected chi connectivity index (χ3v) is 4.53. The monoisotopic (exact) mass is 301 g/mol. The van der Waals surface area contributed by atoms with E-state index in [0.717, 1.165) is 29.7 Å². The number of aryl methyl sites for hydroxylation is 2. The molecule has 6 nitrogen and oxygen atoms in total. The number of nitrogens with two attached hydrogens (primary N) is 1. The Morgan fingerprint density at radius 2 is 2.05 bits per heavy atom. The van der Waals surface area contributed by atoms with E-state index in [1.165, 1.54) is 11.1 Å². The van der Waals surface area contributed by atoms with Crippen LogP contribution in [0.3, 0.4) is 0 Å². The van der Waals surface area contributed by atoms with Crippen LogP contribution in [0.4, 0.5) is 4.79 Å². The first-order valence-electron chi connectivity index (χ1n) is 7.46. The number of rotatable bonds is 4. The third kappa shape index (κ3) is 2.24.